The number of fused-ring (bicyclic) bond motifs is 12. The highest BCUT2D eigenvalue weighted by molar-refractivity contribution is 5.96. The zero-order valence-electron chi connectivity index (χ0n) is 75.2. The van der Waals surface area contributed by atoms with Crippen molar-refractivity contribution in [2.75, 3.05) is 19.6 Å². The highest BCUT2D eigenvalue weighted by Crippen LogP contribution is 2.63. The summed E-state index contributed by atoms with van der Waals surface area (Å²) in [5.74, 6) is -1.62. The van der Waals surface area contributed by atoms with Crippen molar-refractivity contribution >= 4 is 68.2 Å². The molecule has 0 saturated heterocycles. The fourth-order valence-corrected chi connectivity index (χ4v) is 23.5. The monoisotopic (exact) mass is 1790 g/mol. The van der Waals surface area contributed by atoms with Crippen LogP contribution in [0.15, 0.2) is 455 Å². The number of halogens is 5. The largest absolute Gasteiger partial charge is 0.310 e. The SMILES string of the molecule is Fc1ccc(N(c2ccc(-c3ccc(N(c4ccccc4)c4ccc5c(c4)C(c4ccc(F)cc4)(c4ccc6c(c4)CC6)c4ccccc4-5)cc3)cc2)c2ccc3c(c2)C(c2ccc(F)cc2)(c2ccc4c(c2)CC4)c2cc(N(c4ccc(F)cc4)c4ccc(-c5ccc(N(c6ccccc6)c6ccc7c(c6)C(c6ccc(F)cc6)(c6ccc8c(c6)CC8)c6ccccc6-7)cc5)cc4)ccc2-3)cc1. The lowest BCUT2D eigenvalue weighted by Gasteiger charge is -2.37. The third-order valence-electron chi connectivity index (χ3n) is 30.3. The van der Waals surface area contributed by atoms with E-state index in [9.17, 15) is 0 Å². The first kappa shape index (κ1) is 82.0. The number of hydrogen-bond donors (Lipinski definition) is 0. The van der Waals surface area contributed by atoms with Crippen LogP contribution < -0.4 is 19.6 Å². The summed E-state index contributed by atoms with van der Waals surface area (Å²) in [6, 6.07) is 155. The Balaban J connectivity index is 0.548. The molecule has 0 aliphatic heterocycles. The summed E-state index contributed by atoms with van der Waals surface area (Å²) in [5, 5.41) is 0. The van der Waals surface area contributed by atoms with Gasteiger partial charge in [-0.2, -0.15) is 0 Å². The molecule has 4 nitrogen and oxygen atoms in total. The molecule has 26 rings (SSSR count). The molecule has 0 bridgehead atoms. The molecule has 2 atom stereocenters. The average molecular weight is 1790 g/mol. The van der Waals surface area contributed by atoms with Crippen LogP contribution in [0.2, 0.25) is 0 Å². The van der Waals surface area contributed by atoms with E-state index in [-0.39, 0.29) is 29.1 Å². The van der Waals surface area contributed by atoms with Crippen molar-refractivity contribution in [3.8, 4) is 55.6 Å². The summed E-state index contributed by atoms with van der Waals surface area (Å²) in [7, 11) is 0. The molecule has 0 saturated carbocycles. The van der Waals surface area contributed by atoms with Crippen molar-refractivity contribution in [3.63, 3.8) is 0 Å². The van der Waals surface area contributed by atoms with Gasteiger partial charge in [0.1, 0.15) is 29.1 Å². The number of anilines is 12. The molecule has 6 aliphatic carbocycles. The van der Waals surface area contributed by atoms with Crippen molar-refractivity contribution in [3.05, 3.63) is 584 Å². The molecule has 0 amide bonds. The summed E-state index contributed by atoms with van der Waals surface area (Å²) < 4.78 is 77.1. The van der Waals surface area contributed by atoms with E-state index in [1.807, 2.05) is 72.8 Å². The van der Waals surface area contributed by atoms with Crippen LogP contribution in [-0.2, 0) is 54.8 Å². The van der Waals surface area contributed by atoms with Crippen LogP contribution in [0.3, 0.4) is 0 Å². The third kappa shape index (κ3) is 13.1. The quantitative estimate of drug-likeness (QED) is 0.0705. The van der Waals surface area contributed by atoms with E-state index in [2.05, 4.69) is 341 Å². The fourth-order valence-electron chi connectivity index (χ4n) is 23.5. The van der Waals surface area contributed by atoms with Gasteiger partial charge in [0.2, 0.25) is 0 Å². The molecule has 20 aromatic rings. The van der Waals surface area contributed by atoms with E-state index in [4.69, 9.17) is 0 Å². The Morgan fingerprint density at radius 2 is 0.341 bits per heavy atom. The summed E-state index contributed by atoms with van der Waals surface area (Å²) in [4.78, 5) is 9.02. The Hall–Kier alpha value is -16.8. The molecule has 2 unspecified atom stereocenters. The van der Waals surface area contributed by atoms with E-state index >= 15 is 22.0 Å². The zero-order valence-corrected chi connectivity index (χ0v) is 75.2. The van der Waals surface area contributed by atoms with E-state index in [1.54, 1.807) is 36.4 Å². The predicted molar refractivity (Wildman–Crippen MR) is 550 cm³/mol. The first-order valence-electron chi connectivity index (χ1n) is 47.5. The van der Waals surface area contributed by atoms with Gasteiger partial charge in [-0.15, -0.1) is 0 Å². The molecule has 0 heterocycles. The number of nitrogens with zero attached hydrogens (tertiary/aromatic N) is 4. The van der Waals surface area contributed by atoms with E-state index in [1.165, 1.54) is 68.8 Å². The number of para-hydroxylation sites is 2. The molecule has 6 aliphatic rings. The molecule has 0 aromatic heterocycles. The maximum Gasteiger partial charge on any atom is 0.123 e. The topological polar surface area (TPSA) is 13.0 Å². The van der Waals surface area contributed by atoms with Crippen LogP contribution in [0.1, 0.15) is 100 Å². The molecule has 138 heavy (non-hydrogen) atoms. The second kappa shape index (κ2) is 32.5. The van der Waals surface area contributed by atoms with E-state index in [0.29, 0.717) is 0 Å². The van der Waals surface area contributed by atoms with E-state index < -0.39 is 16.2 Å². The fraction of sp³-hybridized carbons (Fsp3) is 0.0698. The summed E-state index contributed by atoms with van der Waals surface area (Å²) in [6.07, 6.45) is 6.09. The van der Waals surface area contributed by atoms with Gasteiger partial charge in [-0.1, -0.05) is 249 Å². The molecule has 9 heteroatoms. The van der Waals surface area contributed by atoms with Gasteiger partial charge in [0, 0.05) is 68.2 Å². The number of aryl methyl sites for hydroxylation is 6. The van der Waals surface area contributed by atoms with Crippen LogP contribution in [0.25, 0.3) is 55.6 Å². The molecular formula is C129H87F5N4. The van der Waals surface area contributed by atoms with Gasteiger partial charge in [-0.3, -0.25) is 0 Å². The lowest BCUT2D eigenvalue weighted by atomic mass is 9.66. The molecule has 20 aromatic carbocycles. The minimum atomic E-state index is -1.05. The van der Waals surface area contributed by atoms with Crippen LogP contribution >= 0.6 is 0 Å². The normalized spacial score (nSPS) is 16.1. The van der Waals surface area contributed by atoms with Crippen molar-refractivity contribution in [2.24, 2.45) is 0 Å². The Morgan fingerprint density at radius 3 is 0.587 bits per heavy atom. The Labute approximate surface area is 799 Å². The second-order valence-electron chi connectivity index (χ2n) is 37.4. The van der Waals surface area contributed by atoms with Gasteiger partial charge in [0.25, 0.3) is 0 Å². The average Bonchev–Trinajstić information content (AvgIpc) is 1.54. The lowest BCUT2D eigenvalue weighted by molar-refractivity contribution is 0.624. The maximum atomic E-state index is 15.9. The number of hydrogen-bond acceptors (Lipinski definition) is 4. The zero-order chi connectivity index (χ0) is 92.1. The molecule has 0 spiro atoms. The van der Waals surface area contributed by atoms with Gasteiger partial charge >= 0.3 is 0 Å². The molecule has 0 N–H and O–H groups in total. The highest BCUT2D eigenvalue weighted by Gasteiger charge is 2.51. The van der Waals surface area contributed by atoms with Gasteiger partial charge < -0.3 is 19.6 Å². The van der Waals surface area contributed by atoms with Crippen LogP contribution in [0.5, 0.6) is 0 Å². The molecular weight excluding hydrogens is 1700 g/mol. The second-order valence-corrected chi connectivity index (χ2v) is 37.4. The number of rotatable bonds is 20. The molecule has 658 valence electrons. The van der Waals surface area contributed by atoms with Crippen LogP contribution in [0.4, 0.5) is 90.2 Å². The lowest BCUT2D eigenvalue weighted by Crippen LogP contribution is -2.30. The van der Waals surface area contributed by atoms with Crippen molar-refractivity contribution < 1.29 is 22.0 Å². The first-order chi connectivity index (χ1) is 67.9. The minimum absolute atomic E-state index is 0.276. The van der Waals surface area contributed by atoms with E-state index in [0.717, 1.165) is 218 Å². The predicted octanol–water partition coefficient (Wildman–Crippen LogP) is 33.0. The summed E-state index contributed by atoms with van der Waals surface area (Å²) >= 11 is 0. The van der Waals surface area contributed by atoms with Crippen molar-refractivity contribution in [1.82, 2.24) is 0 Å². The van der Waals surface area contributed by atoms with Gasteiger partial charge in [0.15, 0.2) is 0 Å². The van der Waals surface area contributed by atoms with Crippen LogP contribution in [0, 0.1) is 29.1 Å². The Kier molecular flexibility index (Phi) is 19.3. The van der Waals surface area contributed by atoms with Crippen molar-refractivity contribution in [1.29, 1.82) is 0 Å². The van der Waals surface area contributed by atoms with Crippen molar-refractivity contribution in [2.45, 2.75) is 54.8 Å². The highest BCUT2D eigenvalue weighted by atomic mass is 19.1. The number of benzene rings is 20. The maximum absolute atomic E-state index is 15.9. The Bertz CT molecular complexity index is 7780. The third-order valence-corrected chi connectivity index (χ3v) is 30.3. The van der Waals surface area contributed by atoms with Crippen LogP contribution in [-0.4, -0.2) is 0 Å². The first-order valence-corrected chi connectivity index (χ1v) is 47.5. The molecule has 0 fully saturated rings. The summed E-state index contributed by atoms with van der Waals surface area (Å²) in [5.41, 5.74) is 39.7. The standard InChI is InChI=1S/C129H87F5N4/c130-98-45-39-92(40-46-98)127(95-36-25-86-19-22-89(86)75-95)121-17-9-7-15-115(121)117-71-67-111(78-123(117)127)135(103-11-3-1-4-12-103)105-55-28-82(29-56-105)84-32-59-107(60-33-84)137(109-63-51-101(133)52-64-109)113-69-73-119-120-74-70-114(81-126(120)129(125(119)80-113,94-43-49-100(132)50-44-94)97-38-27-88-21-24-91(88)77-97)138(110-65-53-102(134)54-66-110)108-61-34-85(35-62-108)83-30-57-106(58-31-83)136(104-13-5-2-6-14-104)112-68-72-118-116-16-8-10-18-122(116)128(124(118)79-112,93-41-47-99(131)48-42-93)96-37-26-87-20-23-90(87)76-96/h1-18,25-81H,19-24H2. The minimum Gasteiger partial charge on any atom is -0.310 e. The van der Waals surface area contributed by atoms with Gasteiger partial charge in [0.05, 0.1) is 16.2 Å². The summed E-state index contributed by atoms with van der Waals surface area (Å²) in [6.45, 7) is 0. The van der Waals surface area contributed by atoms with Gasteiger partial charge in [-0.05, 0) is 401 Å². The van der Waals surface area contributed by atoms with Gasteiger partial charge in [-0.25, -0.2) is 22.0 Å². The smallest absolute Gasteiger partial charge is 0.123 e. The Morgan fingerprint density at radius 1 is 0.145 bits per heavy atom. The molecule has 0 radical (unpaired) electrons.